The summed E-state index contributed by atoms with van der Waals surface area (Å²) < 4.78 is 52.7. The summed E-state index contributed by atoms with van der Waals surface area (Å²) in [4.78, 5) is 4.19. The lowest BCUT2D eigenvalue weighted by Crippen LogP contribution is -2.41. The van der Waals surface area contributed by atoms with Crippen molar-refractivity contribution in [2.75, 3.05) is 7.05 Å². The number of rotatable bonds is 4. The fourth-order valence-electron chi connectivity index (χ4n) is 2.61. The highest BCUT2D eigenvalue weighted by Gasteiger charge is 2.37. The Balaban J connectivity index is 0. The van der Waals surface area contributed by atoms with E-state index in [2.05, 4.69) is 16.9 Å². The van der Waals surface area contributed by atoms with E-state index in [9.17, 15) is 17.6 Å². The van der Waals surface area contributed by atoms with Crippen molar-refractivity contribution in [3.05, 3.63) is 76.8 Å². The molecule has 1 N–H and O–H groups in total. The summed E-state index contributed by atoms with van der Waals surface area (Å²) in [7, 11) is 1.60. The second-order valence-electron chi connectivity index (χ2n) is 5.51. The summed E-state index contributed by atoms with van der Waals surface area (Å²) in [6, 6.07) is 5.72. The van der Waals surface area contributed by atoms with Crippen LogP contribution in [-0.2, 0) is 11.7 Å². The molecule has 7 heteroatoms. The Morgan fingerprint density at radius 1 is 1.07 bits per heavy atom. The number of nitrogens with zero attached hydrogens (tertiary/aromatic N) is 1. The van der Waals surface area contributed by atoms with Crippen molar-refractivity contribution >= 4 is 11.6 Å². The lowest BCUT2D eigenvalue weighted by atomic mass is 9.83. The number of benzene rings is 1. The Morgan fingerprint density at radius 2 is 1.57 bits per heavy atom. The van der Waals surface area contributed by atoms with Gasteiger partial charge < -0.3 is 5.32 Å². The van der Waals surface area contributed by atoms with Crippen LogP contribution in [0.1, 0.15) is 64.8 Å². The van der Waals surface area contributed by atoms with Crippen molar-refractivity contribution in [1.29, 1.82) is 0 Å². The maximum atomic E-state index is 13.8. The number of halogens is 5. The first-order chi connectivity index (χ1) is 14.1. The standard InChI is InChI=1S/C16H15ClF4N2.C3H6.2C2H6/c1-3-15(22-2,14-5-4-12(17)9-23-14)10-6-11(16(19,20)21)8-13(18)7-10;1-3-2;2*1-2/h4-9,22H,3H2,1-2H3;3H,1H2,2H3;2*1-2H3/t15-;;;/m0.../s1. The van der Waals surface area contributed by atoms with Crippen LogP contribution in [0.3, 0.4) is 0 Å². The number of pyridine rings is 1. The van der Waals surface area contributed by atoms with E-state index in [-0.39, 0.29) is 5.56 Å². The zero-order chi connectivity index (χ0) is 24.0. The van der Waals surface area contributed by atoms with Gasteiger partial charge in [0.05, 0.1) is 21.8 Å². The number of aromatic nitrogens is 1. The van der Waals surface area contributed by atoms with Crippen LogP contribution in [0.25, 0.3) is 0 Å². The van der Waals surface area contributed by atoms with Gasteiger partial charge in [-0.25, -0.2) is 4.39 Å². The molecule has 2 aromatic rings. The largest absolute Gasteiger partial charge is 0.416 e. The molecule has 30 heavy (non-hydrogen) atoms. The summed E-state index contributed by atoms with van der Waals surface area (Å²) in [6.45, 7) is 15.0. The summed E-state index contributed by atoms with van der Waals surface area (Å²) in [5.41, 5.74) is -1.46. The first kappa shape index (κ1) is 30.3. The third kappa shape index (κ3) is 8.44. The van der Waals surface area contributed by atoms with Gasteiger partial charge in [0, 0.05) is 6.20 Å². The monoisotopic (exact) mass is 448 g/mol. The van der Waals surface area contributed by atoms with E-state index >= 15 is 0 Å². The lowest BCUT2D eigenvalue weighted by Gasteiger charge is -2.33. The van der Waals surface area contributed by atoms with E-state index in [0.717, 1.165) is 12.1 Å². The Hall–Kier alpha value is -1.92. The molecule has 0 bridgehead atoms. The Morgan fingerprint density at radius 3 is 1.93 bits per heavy atom. The summed E-state index contributed by atoms with van der Waals surface area (Å²) in [5.74, 6) is -0.947. The topological polar surface area (TPSA) is 24.9 Å². The van der Waals surface area contributed by atoms with E-state index < -0.39 is 23.1 Å². The van der Waals surface area contributed by atoms with Gasteiger partial charge in [-0.3, -0.25) is 4.98 Å². The van der Waals surface area contributed by atoms with Gasteiger partial charge in [-0.2, -0.15) is 13.2 Å². The van der Waals surface area contributed by atoms with Gasteiger partial charge >= 0.3 is 6.18 Å². The highest BCUT2D eigenvalue weighted by molar-refractivity contribution is 6.30. The number of hydrogen-bond acceptors (Lipinski definition) is 2. The van der Waals surface area contributed by atoms with E-state index in [0.29, 0.717) is 23.2 Å². The molecule has 0 aliphatic rings. The van der Waals surface area contributed by atoms with Crippen molar-refractivity contribution in [1.82, 2.24) is 10.3 Å². The third-order valence-corrected chi connectivity index (χ3v) is 4.06. The fraction of sp³-hybridized carbons (Fsp3) is 0.435. The number of hydrogen-bond donors (Lipinski definition) is 1. The first-order valence-corrected chi connectivity index (χ1v) is 10.3. The Labute approximate surface area is 183 Å². The molecular weight excluding hydrogens is 416 g/mol. The van der Waals surface area contributed by atoms with Gasteiger partial charge in [0.2, 0.25) is 0 Å². The van der Waals surface area contributed by atoms with Crippen LogP contribution in [0.4, 0.5) is 17.6 Å². The van der Waals surface area contributed by atoms with Gasteiger partial charge in [0.15, 0.2) is 0 Å². The molecule has 0 unspecified atom stereocenters. The SMILES string of the molecule is C=CC.CC.CC.CC[C@](NC)(c1cc(F)cc(C(F)(F)F)c1)c1ccc(Cl)cn1. The predicted octanol–water partition coefficient (Wildman–Crippen LogP) is 8.01. The van der Waals surface area contributed by atoms with E-state index in [4.69, 9.17) is 11.6 Å². The van der Waals surface area contributed by atoms with E-state index in [1.807, 2.05) is 34.6 Å². The minimum absolute atomic E-state index is 0.157. The number of allylic oxidation sites excluding steroid dienone is 1. The smallest absolute Gasteiger partial charge is 0.306 e. The molecule has 0 radical (unpaired) electrons. The molecule has 170 valence electrons. The van der Waals surface area contributed by atoms with Crippen molar-refractivity contribution in [3.63, 3.8) is 0 Å². The molecule has 0 fully saturated rings. The van der Waals surface area contributed by atoms with Crippen molar-refractivity contribution in [2.24, 2.45) is 0 Å². The van der Waals surface area contributed by atoms with E-state index in [1.54, 1.807) is 32.2 Å². The molecule has 0 amide bonds. The van der Waals surface area contributed by atoms with Crippen molar-refractivity contribution < 1.29 is 17.6 Å². The Bertz CT molecular complexity index is 725. The minimum atomic E-state index is -4.63. The summed E-state index contributed by atoms with van der Waals surface area (Å²) >= 11 is 5.81. The zero-order valence-corrected chi connectivity index (χ0v) is 19.5. The van der Waals surface area contributed by atoms with E-state index in [1.165, 1.54) is 6.20 Å². The molecule has 1 aromatic carbocycles. The summed E-state index contributed by atoms with van der Waals surface area (Å²) in [5, 5.41) is 3.39. The molecule has 1 atom stereocenters. The van der Waals surface area contributed by atoms with Gasteiger partial charge in [0.25, 0.3) is 0 Å². The van der Waals surface area contributed by atoms with Gasteiger partial charge in [-0.1, -0.05) is 52.3 Å². The molecule has 0 saturated carbocycles. The number of alkyl halides is 3. The van der Waals surface area contributed by atoms with Crippen LogP contribution >= 0.6 is 11.6 Å². The molecule has 2 nitrogen and oxygen atoms in total. The average Bonchev–Trinajstić information content (AvgIpc) is 2.73. The van der Waals surface area contributed by atoms with Gasteiger partial charge in [-0.15, -0.1) is 6.58 Å². The molecule has 0 aliphatic heterocycles. The quantitative estimate of drug-likeness (QED) is 0.378. The van der Waals surface area contributed by atoms with Crippen LogP contribution in [0, 0.1) is 5.82 Å². The van der Waals surface area contributed by atoms with Crippen LogP contribution in [-0.4, -0.2) is 12.0 Å². The molecule has 2 rings (SSSR count). The summed E-state index contributed by atoms with van der Waals surface area (Å²) in [6.07, 6.45) is -1.10. The average molecular weight is 449 g/mol. The third-order valence-electron chi connectivity index (χ3n) is 3.84. The molecule has 0 aliphatic carbocycles. The maximum absolute atomic E-state index is 13.8. The molecular formula is C23H33ClF4N2. The normalized spacial score (nSPS) is 12.0. The highest BCUT2D eigenvalue weighted by Crippen LogP contribution is 2.37. The first-order valence-electron chi connectivity index (χ1n) is 9.90. The number of nitrogens with one attached hydrogen (secondary N) is 1. The second kappa shape index (κ2) is 15.0. The lowest BCUT2D eigenvalue weighted by molar-refractivity contribution is -0.137. The molecule has 1 heterocycles. The van der Waals surface area contributed by atoms with Crippen molar-refractivity contribution in [2.45, 2.75) is 59.7 Å². The van der Waals surface area contributed by atoms with Crippen LogP contribution in [0.5, 0.6) is 0 Å². The van der Waals surface area contributed by atoms with Crippen molar-refractivity contribution in [3.8, 4) is 0 Å². The van der Waals surface area contributed by atoms with Crippen LogP contribution in [0.15, 0.2) is 49.2 Å². The second-order valence-corrected chi connectivity index (χ2v) is 5.94. The zero-order valence-electron chi connectivity index (χ0n) is 18.8. The molecule has 0 spiro atoms. The molecule has 0 saturated heterocycles. The minimum Gasteiger partial charge on any atom is -0.306 e. The maximum Gasteiger partial charge on any atom is 0.416 e. The van der Waals surface area contributed by atoms with Crippen LogP contribution in [0.2, 0.25) is 5.02 Å². The van der Waals surface area contributed by atoms with Gasteiger partial charge in [-0.05, 0) is 56.3 Å². The predicted molar refractivity (Wildman–Crippen MR) is 119 cm³/mol. The van der Waals surface area contributed by atoms with Gasteiger partial charge in [0.1, 0.15) is 5.82 Å². The molecule has 1 aromatic heterocycles. The fourth-order valence-corrected chi connectivity index (χ4v) is 2.72. The Kier molecular flexibility index (Phi) is 15.1. The van der Waals surface area contributed by atoms with Crippen LogP contribution < -0.4 is 5.32 Å². The highest BCUT2D eigenvalue weighted by atomic mass is 35.5.